The lowest BCUT2D eigenvalue weighted by Crippen LogP contribution is -2.31. The van der Waals surface area contributed by atoms with E-state index >= 15 is 0 Å². The van der Waals surface area contributed by atoms with Crippen molar-refractivity contribution in [2.24, 2.45) is 0 Å². The Kier molecular flexibility index (Phi) is 17.4. The molecule has 22 rings (SSSR count). The second-order valence-electron chi connectivity index (χ2n) is 33.6. The molecule has 2 N–H and O–H groups in total. The quantitative estimate of drug-likeness (QED) is 0.109. The van der Waals surface area contributed by atoms with Crippen molar-refractivity contribution in [3.63, 3.8) is 0 Å². The number of hydrogen-bond acceptors (Lipinski definition) is 12. The summed E-state index contributed by atoms with van der Waals surface area (Å²) in [5.74, 6) is 1.09. The minimum absolute atomic E-state index is 0.109. The van der Waals surface area contributed by atoms with E-state index in [1.165, 1.54) is 77.2 Å². The van der Waals surface area contributed by atoms with Gasteiger partial charge in [-0.25, -0.2) is 29.9 Å². The van der Waals surface area contributed by atoms with Crippen LogP contribution in [-0.2, 0) is 21.7 Å². The summed E-state index contributed by atoms with van der Waals surface area (Å²) in [4.78, 5) is 49.3. The van der Waals surface area contributed by atoms with Gasteiger partial charge >= 0.3 is 7.12 Å². The number of hydrogen-bond donors (Lipinski definition) is 2. The molecule has 0 saturated heterocycles. The first-order valence-electron chi connectivity index (χ1n) is 40.1. The average molecular weight is 1550 g/mol. The number of rotatable bonds is 8. The van der Waals surface area contributed by atoms with E-state index in [0.29, 0.717) is 28.0 Å². The SMILES string of the molecule is CC1(C)c2cc3c(cc2-c2ncccc21)C(C)(C)c1cc(B(O)O)cnc1-3.Cc1cc(-c2cccc3ccccc23)cc(-c2nc(-c3cnc4c(c3)C(C)(C)c3cc5c(cc3-4)C(C)(C)c3cccnc3-5)cc(-c3cccc4ccccc34)n2)n1.Cc1cc(-c2cccc3ccccc23)cc(-c2nc(Cl)cc(-c3cccc4ccccc34)n2)n1. The standard InChI is InChI=1S/C52H39N5.C30H20ClN3.C22H21BN2O2/c1-30-23-33(37-19-10-15-31-13-6-8-17-35(31)37)25-47(55-30)50-56-45(28-46(57-50)38-20-11-16-32-14-7-9-18-36(32)38)34-24-44-49(54-29-34)40-27-42-39(26-43(40)52(44,4)5)48-41(51(42,2)3)21-12-22-53-48;1-19-16-22(25-14-6-10-20-8-2-4-12-23(20)25)17-28(32-19)30-33-27(18-29(31)34-30)26-15-7-11-21-9-3-5-13-24(21)26;1-21(2)15-6-5-7-24-19(15)13-9-17-14(10-16(13)21)20-18(22(17,3)4)8-12(11-25-20)23(26)27/h6-29H,1-5H3;2-18H,1H3;5-11,26-27H,1-4H3. The molecular formula is C104H80BClN10O2. The largest absolute Gasteiger partial charge is 0.490 e. The predicted molar refractivity (Wildman–Crippen MR) is 480 cm³/mol. The minimum Gasteiger partial charge on any atom is -0.423 e. The van der Waals surface area contributed by atoms with Crippen molar-refractivity contribution in [2.75, 3.05) is 0 Å². The van der Waals surface area contributed by atoms with Gasteiger partial charge in [-0.15, -0.1) is 0 Å². The molecule has 118 heavy (non-hydrogen) atoms. The zero-order valence-corrected chi connectivity index (χ0v) is 67.8. The van der Waals surface area contributed by atoms with E-state index in [1.54, 1.807) is 6.20 Å². The fourth-order valence-corrected chi connectivity index (χ4v) is 18.9. The van der Waals surface area contributed by atoms with Crippen molar-refractivity contribution in [3.8, 4) is 124 Å². The summed E-state index contributed by atoms with van der Waals surface area (Å²) in [6, 6.07) is 93.3. The van der Waals surface area contributed by atoms with Crippen molar-refractivity contribution < 1.29 is 10.0 Å². The lowest BCUT2D eigenvalue weighted by molar-refractivity contribution is 0.425. The predicted octanol–water partition coefficient (Wildman–Crippen LogP) is 23.5. The van der Waals surface area contributed by atoms with Gasteiger partial charge in [0.1, 0.15) is 16.5 Å². The summed E-state index contributed by atoms with van der Waals surface area (Å²) in [5, 5.41) is 28.9. The number of nitrogens with zero attached hydrogens (tertiary/aromatic N) is 10. The Morgan fingerprint density at radius 2 is 0.627 bits per heavy atom. The molecule has 18 aromatic rings. The molecule has 12 nitrogen and oxygen atoms in total. The zero-order chi connectivity index (χ0) is 80.8. The normalized spacial score (nSPS) is 14.1. The van der Waals surface area contributed by atoms with Gasteiger partial charge in [0, 0.05) is 108 Å². The topological polar surface area (TPSA) is 169 Å². The summed E-state index contributed by atoms with van der Waals surface area (Å²) in [7, 11) is -1.51. The maximum atomic E-state index is 9.56. The molecule has 4 aliphatic carbocycles. The highest BCUT2D eigenvalue weighted by Gasteiger charge is 2.45. The van der Waals surface area contributed by atoms with E-state index in [-0.39, 0.29) is 21.7 Å². The molecule has 8 heterocycles. The van der Waals surface area contributed by atoms with Crippen LogP contribution in [0.5, 0.6) is 0 Å². The van der Waals surface area contributed by atoms with Gasteiger partial charge in [0.25, 0.3) is 0 Å². The summed E-state index contributed by atoms with van der Waals surface area (Å²) in [5.41, 5.74) is 31.5. The van der Waals surface area contributed by atoms with Crippen molar-refractivity contribution in [1.82, 2.24) is 49.8 Å². The molecule has 568 valence electrons. The third-order valence-electron chi connectivity index (χ3n) is 24.8. The van der Waals surface area contributed by atoms with E-state index in [1.807, 2.05) is 81.0 Å². The van der Waals surface area contributed by atoms with Gasteiger partial charge < -0.3 is 10.0 Å². The third kappa shape index (κ3) is 12.2. The third-order valence-corrected chi connectivity index (χ3v) is 25.0. The number of fused-ring (bicyclic) bond motifs is 16. The first-order valence-corrected chi connectivity index (χ1v) is 40.4. The summed E-state index contributed by atoms with van der Waals surface area (Å²) in [6.07, 6.45) is 7.31. The highest BCUT2D eigenvalue weighted by atomic mass is 35.5. The Labute approximate surface area is 690 Å². The van der Waals surface area contributed by atoms with Gasteiger partial charge in [-0.05, 0) is 196 Å². The number of aromatic nitrogens is 10. The maximum absolute atomic E-state index is 9.56. The van der Waals surface area contributed by atoms with Crippen LogP contribution in [0.3, 0.4) is 0 Å². The molecule has 0 radical (unpaired) electrons. The Balaban J connectivity index is 0.000000124. The molecule has 0 fully saturated rings. The molecule has 0 bridgehead atoms. The Morgan fingerprint density at radius 1 is 0.271 bits per heavy atom. The lowest BCUT2D eigenvalue weighted by atomic mass is 9.76. The highest BCUT2D eigenvalue weighted by molar-refractivity contribution is 6.58. The minimum atomic E-state index is -1.51. The Hall–Kier alpha value is -13.4. The van der Waals surface area contributed by atoms with Crippen molar-refractivity contribution in [3.05, 3.63) is 353 Å². The Morgan fingerprint density at radius 3 is 1.07 bits per heavy atom. The number of benzene rings is 10. The highest BCUT2D eigenvalue weighted by Crippen LogP contribution is 2.58. The molecular weight excluding hydrogens is 1470 g/mol. The van der Waals surface area contributed by atoms with Gasteiger partial charge in [0.15, 0.2) is 11.6 Å². The van der Waals surface area contributed by atoms with Crippen LogP contribution in [0.4, 0.5) is 0 Å². The van der Waals surface area contributed by atoms with Gasteiger partial charge in [-0.1, -0.05) is 255 Å². The second kappa shape index (κ2) is 27.9. The zero-order valence-electron chi connectivity index (χ0n) is 67.0. The van der Waals surface area contributed by atoms with E-state index in [9.17, 15) is 10.0 Å². The molecule has 10 aromatic carbocycles. The lowest BCUT2D eigenvalue weighted by Gasteiger charge is -2.24. The van der Waals surface area contributed by atoms with Crippen LogP contribution in [0, 0.1) is 13.8 Å². The molecule has 0 unspecified atom stereocenters. The fourth-order valence-electron chi connectivity index (χ4n) is 18.7. The smallest absolute Gasteiger partial charge is 0.423 e. The maximum Gasteiger partial charge on any atom is 0.490 e. The molecule has 0 spiro atoms. The van der Waals surface area contributed by atoms with Gasteiger partial charge in [-0.3, -0.25) is 19.9 Å². The number of pyridine rings is 6. The molecule has 4 aliphatic rings. The number of aryl methyl sites for hydroxylation is 2. The molecule has 8 aromatic heterocycles. The van der Waals surface area contributed by atoms with Crippen LogP contribution in [0.15, 0.2) is 292 Å². The van der Waals surface area contributed by atoms with Crippen LogP contribution in [0.2, 0.25) is 5.15 Å². The second-order valence-corrected chi connectivity index (χ2v) is 34.0. The van der Waals surface area contributed by atoms with Crippen molar-refractivity contribution in [2.45, 2.75) is 90.9 Å². The van der Waals surface area contributed by atoms with Crippen LogP contribution >= 0.6 is 11.6 Å². The van der Waals surface area contributed by atoms with Crippen LogP contribution in [-0.4, -0.2) is 67.0 Å². The van der Waals surface area contributed by atoms with Crippen LogP contribution in [0.1, 0.15) is 111 Å². The molecule has 0 atom stereocenters. The van der Waals surface area contributed by atoms with Crippen molar-refractivity contribution in [1.29, 1.82) is 0 Å². The monoisotopic (exact) mass is 1550 g/mol. The number of halogens is 1. The first kappa shape index (κ1) is 73.5. The van der Waals surface area contributed by atoms with E-state index < -0.39 is 7.12 Å². The molecule has 0 amide bonds. The molecule has 0 saturated carbocycles. The summed E-state index contributed by atoms with van der Waals surface area (Å²) < 4.78 is 0. The van der Waals surface area contributed by atoms with Gasteiger partial charge in [-0.2, -0.15) is 0 Å². The van der Waals surface area contributed by atoms with E-state index in [4.69, 9.17) is 46.5 Å². The summed E-state index contributed by atoms with van der Waals surface area (Å²) in [6.45, 7) is 22.1. The van der Waals surface area contributed by atoms with Crippen LogP contribution in [0.25, 0.3) is 167 Å². The Bertz CT molecular complexity index is 7110. The first-order chi connectivity index (χ1) is 57.0. The molecule has 0 aliphatic heterocycles. The van der Waals surface area contributed by atoms with Crippen LogP contribution < -0.4 is 5.46 Å². The average Bonchev–Trinajstić information content (AvgIpc) is 1.55. The fraction of sp³-hybridized carbons (Fsp3) is 0.135. The van der Waals surface area contributed by atoms with E-state index in [2.05, 4.69) is 289 Å². The van der Waals surface area contributed by atoms with E-state index in [0.717, 1.165) is 129 Å². The summed E-state index contributed by atoms with van der Waals surface area (Å²) >= 11 is 6.50. The molecule has 14 heteroatoms. The van der Waals surface area contributed by atoms with Gasteiger partial charge in [0.2, 0.25) is 0 Å². The van der Waals surface area contributed by atoms with Gasteiger partial charge in [0.05, 0.1) is 39.9 Å². The van der Waals surface area contributed by atoms with Crippen molar-refractivity contribution >= 4 is 67.3 Å².